The molecule has 16 heavy (non-hydrogen) atoms. The van der Waals surface area contributed by atoms with Crippen LogP contribution < -0.4 is 4.90 Å². The minimum Gasteiger partial charge on any atom is -0.348 e. The van der Waals surface area contributed by atoms with Crippen molar-refractivity contribution >= 4 is 27.4 Å². The molecule has 0 saturated carbocycles. The Hall–Kier alpha value is -1.17. The van der Waals surface area contributed by atoms with Crippen molar-refractivity contribution in [1.82, 2.24) is 4.98 Å². The van der Waals surface area contributed by atoms with Crippen LogP contribution in [0, 0.1) is 10.1 Å². The lowest BCUT2D eigenvalue weighted by Gasteiger charge is -2.21. The highest BCUT2D eigenvalue weighted by Crippen LogP contribution is 2.32. The molecular weight excluding hydrogens is 274 g/mol. The van der Waals surface area contributed by atoms with E-state index in [1.807, 2.05) is 4.90 Å². The van der Waals surface area contributed by atoms with E-state index in [2.05, 4.69) is 27.8 Å². The van der Waals surface area contributed by atoms with Crippen LogP contribution >= 0.6 is 15.9 Å². The van der Waals surface area contributed by atoms with Crippen molar-refractivity contribution in [3.05, 3.63) is 26.9 Å². The molecule has 0 spiro atoms. The Bertz CT molecular complexity index is 425. The molecule has 5 nitrogen and oxygen atoms in total. The van der Waals surface area contributed by atoms with Crippen molar-refractivity contribution in [2.75, 3.05) is 11.4 Å². The lowest BCUT2D eigenvalue weighted by Crippen LogP contribution is -2.27. The van der Waals surface area contributed by atoms with Crippen molar-refractivity contribution in [1.29, 1.82) is 0 Å². The molecule has 1 aliphatic rings. The number of halogens is 1. The van der Waals surface area contributed by atoms with Crippen molar-refractivity contribution in [3.63, 3.8) is 0 Å². The van der Waals surface area contributed by atoms with Gasteiger partial charge in [-0.15, -0.1) is 0 Å². The number of aromatic nitrogens is 1. The van der Waals surface area contributed by atoms with Gasteiger partial charge < -0.3 is 4.90 Å². The minimum absolute atomic E-state index is 0.0723. The predicted molar refractivity (Wildman–Crippen MR) is 64.6 cm³/mol. The summed E-state index contributed by atoms with van der Waals surface area (Å²) >= 11 is 3.20. The second-order valence-corrected chi connectivity index (χ2v) is 4.85. The van der Waals surface area contributed by atoms with Crippen molar-refractivity contribution < 1.29 is 4.92 Å². The Kier molecular flexibility index (Phi) is 3.09. The van der Waals surface area contributed by atoms with Crippen LogP contribution in [0.5, 0.6) is 0 Å². The lowest BCUT2D eigenvalue weighted by atomic mass is 10.2. The van der Waals surface area contributed by atoms with Crippen LogP contribution in [-0.2, 0) is 0 Å². The Morgan fingerprint density at radius 1 is 1.69 bits per heavy atom. The maximum absolute atomic E-state index is 11.0. The third kappa shape index (κ3) is 2.02. The second-order valence-electron chi connectivity index (χ2n) is 3.94. The number of hydrogen-bond donors (Lipinski definition) is 0. The van der Waals surface area contributed by atoms with Crippen LogP contribution in [0.1, 0.15) is 19.8 Å². The van der Waals surface area contributed by atoms with E-state index in [1.54, 1.807) is 6.20 Å². The Morgan fingerprint density at radius 2 is 2.44 bits per heavy atom. The smallest absolute Gasteiger partial charge is 0.312 e. The SMILES string of the molecule is CC1CCCN1c1ncc(Br)cc1[N+](=O)[O-]. The first-order chi connectivity index (χ1) is 7.59. The fourth-order valence-electron chi connectivity index (χ4n) is 2.02. The number of nitrogens with zero attached hydrogens (tertiary/aromatic N) is 3. The van der Waals surface area contributed by atoms with E-state index in [9.17, 15) is 10.1 Å². The van der Waals surface area contributed by atoms with E-state index < -0.39 is 0 Å². The summed E-state index contributed by atoms with van der Waals surface area (Å²) in [6, 6.07) is 1.83. The van der Waals surface area contributed by atoms with Gasteiger partial charge in [0.1, 0.15) is 0 Å². The van der Waals surface area contributed by atoms with Gasteiger partial charge in [0.25, 0.3) is 0 Å². The van der Waals surface area contributed by atoms with E-state index in [0.717, 1.165) is 19.4 Å². The third-order valence-electron chi connectivity index (χ3n) is 2.84. The first-order valence-electron chi connectivity index (χ1n) is 5.16. The first kappa shape index (κ1) is 11.3. The molecule has 0 N–H and O–H groups in total. The number of hydrogen-bond acceptors (Lipinski definition) is 4. The molecule has 1 aromatic rings. The van der Waals surface area contributed by atoms with Gasteiger partial charge in [-0.3, -0.25) is 10.1 Å². The highest BCUT2D eigenvalue weighted by molar-refractivity contribution is 9.10. The van der Waals surface area contributed by atoms with Crippen LogP contribution in [0.15, 0.2) is 16.7 Å². The molecule has 0 amide bonds. The minimum atomic E-state index is -0.377. The van der Waals surface area contributed by atoms with E-state index in [0.29, 0.717) is 16.3 Å². The van der Waals surface area contributed by atoms with E-state index in [-0.39, 0.29) is 10.6 Å². The molecule has 1 fully saturated rings. The van der Waals surface area contributed by atoms with Crippen molar-refractivity contribution in [3.8, 4) is 0 Å². The van der Waals surface area contributed by atoms with Gasteiger partial charge in [-0.25, -0.2) is 4.98 Å². The normalized spacial score (nSPS) is 20.1. The summed E-state index contributed by atoms with van der Waals surface area (Å²) in [5.74, 6) is 0.484. The van der Waals surface area contributed by atoms with Crippen LogP contribution in [0.2, 0.25) is 0 Å². The Labute approximate surface area is 102 Å². The zero-order valence-electron chi connectivity index (χ0n) is 8.89. The molecule has 1 atom stereocenters. The summed E-state index contributed by atoms with van der Waals surface area (Å²) in [5.41, 5.74) is 0.0723. The first-order valence-corrected chi connectivity index (χ1v) is 5.95. The summed E-state index contributed by atoms with van der Waals surface area (Å²) < 4.78 is 0.634. The molecule has 0 aromatic carbocycles. The fourth-order valence-corrected chi connectivity index (χ4v) is 2.34. The summed E-state index contributed by atoms with van der Waals surface area (Å²) in [6.45, 7) is 2.91. The van der Waals surface area contributed by atoms with Crippen molar-refractivity contribution in [2.24, 2.45) is 0 Å². The maximum atomic E-state index is 11.0. The van der Waals surface area contributed by atoms with Gasteiger partial charge in [0.05, 0.1) is 4.92 Å². The molecule has 6 heteroatoms. The molecule has 2 heterocycles. The van der Waals surface area contributed by atoms with Crippen molar-refractivity contribution in [2.45, 2.75) is 25.8 Å². The van der Waals surface area contributed by atoms with E-state index in [4.69, 9.17) is 0 Å². The monoisotopic (exact) mass is 285 g/mol. The molecule has 1 unspecified atom stereocenters. The molecule has 0 aliphatic carbocycles. The summed E-state index contributed by atoms with van der Waals surface area (Å²) in [7, 11) is 0. The van der Waals surface area contributed by atoms with Crippen LogP contribution in [0.3, 0.4) is 0 Å². The molecule has 2 rings (SSSR count). The molecular formula is C10H12BrN3O2. The number of pyridine rings is 1. The number of rotatable bonds is 2. The Balaban J connectivity index is 2.43. The van der Waals surface area contributed by atoms with Gasteiger partial charge in [0, 0.05) is 29.3 Å². The molecule has 1 saturated heterocycles. The maximum Gasteiger partial charge on any atom is 0.312 e. The molecule has 0 bridgehead atoms. The molecule has 1 aromatic heterocycles. The van der Waals surface area contributed by atoms with Gasteiger partial charge in [0.2, 0.25) is 5.82 Å². The van der Waals surface area contributed by atoms with E-state index in [1.165, 1.54) is 6.07 Å². The Morgan fingerprint density at radius 3 is 3.00 bits per heavy atom. The number of nitro groups is 1. The topological polar surface area (TPSA) is 59.3 Å². The summed E-state index contributed by atoms with van der Waals surface area (Å²) in [5, 5.41) is 11.0. The zero-order valence-corrected chi connectivity index (χ0v) is 10.5. The van der Waals surface area contributed by atoms with E-state index >= 15 is 0 Å². The summed E-state index contributed by atoms with van der Waals surface area (Å²) in [4.78, 5) is 16.8. The van der Waals surface area contributed by atoms with Gasteiger partial charge in [-0.2, -0.15) is 0 Å². The highest BCUT2D eigenvalue weighted by Gasteiger charge is 2.28. The van der Waals surface area contributed by atoms with Crippen LogP contribution in [-0.4, -0.2) is 22.5 Å². The molecule has 86 valence electrons. The fraction of sp³-hybridized carbons (Fsp3) is 0.500. The highest BCUT2D eigenvalue weighted by atomic mass is 79.9. The lowest BCUT2D eigenvalue weighted by molar-refractivity contribution is -0.384. The average molecular weight is 286 g/mol. The van der Waals surface area contributed by atoms with Gasteiger partial charge in [0.15, 0.2) is 0 Å². The average Bonchev–Trinajstić information content (AvgIpc) is 2.64. The molecule has 0 radical (unpaired) electrons. The number of anilines is 1. The largest absolute Gasteiger partial charge is 0.348 e. The third-order valence-corrected chi connectivity index (χ3v) is 3.27. The predicted octanol–water partition coefficient (Wildman–Crippen LogP) is 2.74. The van der Waals surface area contributed by atoms with Gasteiger partial charge >= 0.3 is 5.69 Å². The standard InChI is InChI=1S/C10H12BrN3O2/c1-7-3-2-4-13(7)10-9(14(15)16)5-8(11)6-12-10/h5-7H,2-4H2,1H3. The summed E-state index contributed by atoms with van der Waals surface area (Å²) in [6.07, 6.45) is 3.73. The second kappa shape index (κ2) is 4.37. The van der Waals surface area contributed by atoms with Gasteiger partial charge in [-0.05, 0) is 35.7 Å². The van der Waals surface area contributed by atoms with Gasteiger partial charge in [-0.1, -0.05) is 0 Å². The zero-order chi connectivity index (χ0) is 11.7. The van der Waals surface area contributed by atoms with Crippen LogP contribution in [0.25, 0.3) is 0 Å². The molecule has 1 aliphatic heterocycles. The quantitative estimate of drug-likeness (QED) is 0.619. The van der Waals surface area contributed by atoms with Crippen LogP contribution in [0.4, 0.5) is 11.5 Å².